The fraction of sp³-hybridized carbons (Fsp3) is 0.875. The Balaban J connectivity index is 2.08. The Labute approximate surface area is 76.6 Å². The van der Waals surface area contributed by atoms with Crippen molar-refractivity contribution in [2.24, 2.45) is 5.92 Å². The summed E-state index contributed by atoms with van der Waals surface area (Å²) in [5.74, 6) is -0.559. The summed E-state index contributed by atoms with van der Waals surface area (Å²) in [5.41, 5.74) is 0. The zero-order valence-electron chi connectivity index (χ0n) is 7.39. The summed E-state index contributed by atoms with van der Waals surface area (Å²) < 4.78 is 0. The predicted octanol–water partition coefficient (Wildman–Crippen LogP) is -1.25. The van der Waals surface area contributed by atoms with Crippen LogP contribution in [-0.2, 0) is 4.79 Å². The average Bonchev–Trinajstić information content (AvgIpc) is 1.99. The molecule has 13 heavy (non-hydrogen) atoms. The van der Waals surface area contributed by atoms with Gasteiger partial charge in [0.25, 0.3) is 0 Å². The third-order valence-electron chi connectivity index (χ3n) is 2.18. The molecule has 1 atom stereocenters. The van der Waals surface area contributed by atoms with Gasteiger partial charge in [-0.25, -0.2) is 0 Å². The van der Waals surface area contributed by atoms with Crippen molar-refractivity contribution in [1.29, 1.82) is 0 Å². The van der Waals surface area contributed by atoms with Gasteiger partial charge in [-0.3, -0.25) is 9.69 Å². The SMILES string of the molecule is O=C(O)CC1CN(CC(O)CO)C1. The summed E-state index contributed by atoms with van der Waals surface area (Å²) in [4.78, 5) is 12.2. The molecule has 1 aliphatic rings. The monoisotopic (exact) mass is 189 g/mol. The van der Waals surface area contributed by atoms with Crippen molar-refractivity contribution >= 4 is 5.97 Å². The lowest BCUT2D eigenvalue weighted by Crippen LogP contribution is -2.50. The molecule has 0 spiro atoms. The van der Waals surface area contributed by atoms with E-state index in [0.717, 1.165) is 0 Å². The van der Waals surface area contributed by atoms with Gasteiger partial charge in [-0.15, -0.1) is 0 Å². The van der Waals surface area contributed by atoms with Crippen LogP contribution in [0.2, 0.25) is 0 Å². The third kappa shape index (κ3) is 3.30. The maximum Gasteiger partial charge on any atom is 0.303 e. The van der Waals surface area contributed by atoms with Crippen molar-refractivity contribution in [2.45, 2.75) is 12.5 Å². The number of aliphatic carboxylic acids is 1. The Hall–Kier alpha value is -0.650. The first-order valence-electron chi connectivity index (χ1n) is 4.35. The number of carboxylic acid groups (broad SMARTS) is 1. The van der Waals surface area contributed by atoms with E-state index in [9.17, 15) is 4.79 Å². The predicted molar refractivity (Wildman–Crippen MR) is 45.3 cm³/mol. The highest BCUT2D eigenvalue weighted by atomic mass is 16.4. The van der Waals surface area contributed by atoms with E-state index in [0.29, 0.717) is 19.6 Å². The molecule has 76 valence electrons. The van der Waals surface area contributed by atoms with Crippen LogP contribution in [0.4, 0.5) is 0 Å². The number of carboxylic acids is 1. The molecule has 1 fully saturated rings. The number of rotatable bonds is 5. The van der Waals surface area contributed by atoms with Gasteiger partial charge < -0.3 is 15.3 Å². The lowest BCUT2D eigenvalue weighted by Gasteiger charge is -2.39. The molecular formula is C8H15NO4. The normalized spacial score (nSPS) is 21.1. The van der Waals surface area contributed by atoms with Crippen LogP contribution in [0, 0.1) is 5.92 Å². The fourth-order valence-electron chi connectivity index (χ4n) is 1.56. The van der Waals surface area contributed by atoms with E-state index in [4.69, 9.17) is 15.3 Å². The van der Waals surface area contributed by atoms with E-state index in [-0.39, 0.29) is 18.9 Å². The molecule has 0 aromatic heterocycles. The van der Waals surface area contributed by atoms with E-state index < -0.39 is 12.1 Å². The lowest BCUT2D eigenvalue weighted by molar-refractivity contribution is -0.139. The van der Waals surface area contributed by atoms with Crippen LogP contribution in [0.5, 0.6) is 0 Å². The van der Waals surface area contributed by atoms with Crippen molar-refractivity contribution in [3.05, 3.63) is 0 Å². The molecule has 0 amide bonds. The van der Waals surface area contributed by atoms with E-state index in [1.165, 1.54) is 0 Å². The molecule has 1 aliphatic heterocycles. The summed E-state index contributed by atoms with van der Waals surface area (Å²) in [6.45, 7) is 1.62. The summed E-state index contributed by atoms with van der Waals surface area (Å²) in [5, 5.41) is 26.1. The van der Waals surface area contributed by atoms with Crippen molar-refractivity contribution in [3.63, 3.8) is 0 Å². The first-order chi connectivity index (χ1) is 6.11. The molecule has 1 rings (SSSR count). The highest BCUT2D eigenvalue weighted by Crippen LogP contribution is 2.18. The number of β-amino-alcohol motifs (C(OH)–C–C–N with tert-alkyl or cyclic N) is 1. The van der Waals surface area contributed by atoms with Gasteiger partial charge in [-0.05, 0) is 5.92 Å². The Bertz CT molecular complexity index is 179. The standard InChI is InChI=1S/C8H15NO4/c10-5-7(11)4-9-2-6(3-9)1-8(12)13/h6-7,10-11H,1-5H2,(H,12,13). The van der Waals surface area contributed by atoms with E-state index in [2.05, 4.69) is 0 Å². The molecule has 1 saturated heterocycles. The van der Waals surface area contributed by atoms with Gasteiger partial charge in [0.2, 0.25) is 0 Å². The zero-order chi connectivity index (χ0) is 9.84. The summed E-state index contributed by atoms with van der Waals surface area (Å²) in [7, 11) is 0. The molecule has 3 N–H and O–H groups in total. The number of aliphatic hydroxyl groups is 2. The van der Waals surface area contributed by atoms with Crippen LogP contribution in [0.3, 0.4) is 0 Å². The number of hydrogen-bond donors (Lipinski definition) is 3. The van der Waals surface area contributed by atoms with Gasteiger partial charge in [0.05, 0.1) is 19.1 Å². The first-order valence-corrected chi connectivity index (χ1v) is 4.35. The maximum absolute atomic E-state index is 10.3. The largest absolute Gasteiger partial charge is 0.481 e. The van der Waals surface area contributed by atoms with E-state index >= 15 is 0 Å². The van der Waals surface area contributed by atoms with Crippen LogP contribution in [0.25, 0.3) is 0 Å². The lowest BCUT2D eigenvalue weighted by atomic mass is 9.96. The molecule has 1 unspecified atom stereocenters. The van der Waals surface area contributed by atoms with Crippen molar-refractivity contribution < 1.29 is 20.1 Å². The van der Waals surface area contributed by atoms with Crippen molar-refractivity contribution in [1.82, 2.24) is 4.90 Å². The number of likely N-dealkylation sites (tertiary alicyclic amines) is 1. The molecule has 1 heterocycles. The fourth-order valence-corrected chi connectivity index (χ4v) is 1.56. The van der Waals surface area contributed by atoms with Crippen LogP contribution in [0.15, 0.2) is 0 Å². The minimum absolute atomic E-state index is 0.200. The Morgan fingerprint density at radius 1 is 1.54 bits per heavy atom. The average molecular weight is 189 g/mol. The summed E-state index contributed by atoms with van der Waals surface area (Å²) >= 11 is 0. The summed E-state index contributed by atoms with van der Waals surface area (Å²) in [6.07, 6.45) is -0.503. The molecule has 0 saturated carbocycles. The van der Waals surface area contributed by atoms with Crippen LogP contribution < -0.4 is 0 Å². The quantitative estimate of drug-likeness (QED) is 0.503. The maximum atomic E-state index is 10.3. The van der Waals surface area contributed by atoms with Gasteiger partial charge in [-0.2, -0.15) is 0 Å². The van der Waals surface area contributed by atoms with Crippen molar-refractivity contribution in [3.8, 4) is 0 Å². The molecule has 0 radical (unpaired) electrons. The van der Waals surface area contributed by atoms with Gasteiger partial charge in [0, 0.05) is 19.6 Å². The Kier molecular flexibility index (Phi) is 3.65. The second kappa shape index (κ2) is 4.55. The summed E-state index contributed by atoms with van der Waals surface area (Å²) in [6, 6.07) is 0. The second-order valence-electron chi connectivity index (χ2n) is 3.52. The first kappa shape index (κ1) is 10.4. The molecule has 0 aromatic rings. The number of carbonyl (C=O) groups is 1. The number of aliphatic hydroxyl groups excluding tert-OH is 2. The van der Waals surface area contributed by atoms with Gasteiger partial charge in [0.1, 0.15) is 0 Å². The highest BCUT2D eigenvalue weighted by Gasteiger charge is 2.29. The molecule has 0 aromatic carbocycles. The van der Waals surface area contributed by atoms with Crippen molar-refractivity contribution in [2.75, 3.05) is 26.2 Å². The molecule has 5 nitrogen and oxygen atoms in total. The smallest absolute Gasteiger partial charge is 0.303 e. The molecule has 0 bridgehead atoms. The van der Waals surface area contributed by atoms with Crippen LogP contribution in [-0.4, -0.2) is 58.5 Å². The van der Waals surface area contributed by atoms with Crippen LogP contribution in [0.1, 0.15) is 6.42 Å². The number of hydrogen-bond acceptors (Lipinski definition) is 4. The Morgan fingerprint density at radius 2 is 2.15 bits per heavy atom. The van der Waals surface area contributed by atoms with Crippen LogP contribution >= 0.6 is 0 Å². The van der Waals surface area contributed by atoms with Gasteiger partial charge in [-0.1, -0.05) is 0 Å². The van der Waals surface area contributed by atoms with Gasteiger partial charge in [0.15, 0.2) is 0 Å². The Morgan fingerprint density at radius 3 is 2.62 bits per heavy atom. The topological polar surface area (TPSA) is 81.0 Å². The molecule has 0 aliphatic carbocycles. The number of nitrogens with zero attached hydrogens (tertiary/aromatic N) is 1. The minimum Gasteiger partial charge on any atom is -0.481 e. The molecular weight excluding hydrogens is 174 g/mol. The highest BCUT2D eigenvalue weighted by molar-refractivity contribution is 5.67. The van der Waals surface area contributed by atoms with Gasteiger partial charge >= 0.3 is 5.97 Å². The molecule has 5 heteroatoms. The third-order valence-corrected chi connectivity index (χ3v) is 2.18. The van der Waals surface area contributed by atoms with E-state index in [1.54, 1.807) is 0 Å². The second-order valence-corrected chi connectivity index (χ2v) is 3.52. The minimum atomic E-state index is -0.771. The zero-order valence-corrected chi connectivity index (χ0v) is 7.39. The van der Waals surface area contributed by atoms with E-state index in [1.807, 2.05) is 4.90 Å².